The van der Waals surface area contributed by atoms with Crippen molar-refractivity contribution in [1.29, 1.82) is 0 Å². The Morgan fingerprint density at radius 3 is 1.73 bits per heavy atom. The number of quaternary nitrogens is 1. The minimum absolute atomic E-state index is 0.0274. The second kappa shape index (κ2) is 23.8. The molecule has 1 rings (SSSR count). The monoisotopic (exact) mass is 583 g/mol. The lowest BCUT2D eigenvalue weighted by atomic mass is 10.0. The number of hydrogen-bond donors (Lipinski definition) is 0. The smallest absolute Gasteiger partial charge is 0.268 e. The third kappa shape index (κ3) is 23.9. The molecule has 6 nitrogen and oxygen atoms in total. The number of unbranched alkanes of at least 4 members (excludes halogenated alkanes) is 15. The maximum Gasteiger partial charge on any atom is 0.268 e. The minimum Gasteiger partial charge on any atom is -0.756 e. The van der Waals surface area contributed by atoms with Crippen LogP contribution >= 0.6 is 7.82 Å². The third-order valence-corrected chi connectivity index (χ3v) is 8.37. The Kier molecular flexibility index (Phi) is 22.2. The maximum absolute atomic E-state index is 12.3. The van der Waals surface area contributed by atoms with E-state index in [2.05, 4.69) is 6.92 Å². The molecule has 0 heterocycles. The van der Waals surface area contributed by atoms with Gasteiger partial charge < -0.3 is 23.2 Å². The minimum atomic E-state index is -4.31. The summed E-state index contributed by atoms with van der Waals surface area (Å²) in [6, 6.07) is 10.1. The van der Waals surface area contributed by atoms with Gasteiger partial charge in [0.2, 0.25) is 0 Å². The lowest BCUT2D eigenvalue weighted by Gasteiger charge is -2.28. The summed E-state index contributed by atoms with van der Waals surface area (Å²) in [6.07, 6.45) is 22.3. The van der Waals surface area contributed by atoms with Crippen LogP contribution in [0.4, 0.5) is 0 Å². The van der Waals surface area contributed by atoms with Crippen molar-refractivity contribution in [2.75, 3.05) is 47.5 Å². The number of likely N-dealkylation sites (N-methyl/N-ethyl adjacent to an activating group) is 1. The fourth-order valence-corrected chi connectivity index (χ4v) is 5.55. The van der Waals surface area contributed by atoms with Gasteiger partial charge in [0.1, 0.15) is 13.2 Å². The van der Waals surface area contributed by atoms with Crippen molar-refractivity contribution in [3.63, 3.8) is 0 Å². The highest BCUT2D eigenvalue weighted by Gasteiger charge is 2.17. The van der Waals surface area contributed by atoms with Gasteiger partial charge in [-0.05, 0) is 12.0 Å². The molecule has 0 N–H and O–H groups in total. The summed E-state index contributed by atoms with van der Waals surface area (Å²) in [5.74, 6) is 0.0274. The molecule has 40 heavy (non-hydrogen) atoms. The van der Waals surface area contributed by atoms with Gasteiger partial charge in [-0.3, -0.25) is 4.57 Å². The van der Waals surface area contributed by atoms with Gasteiger partial charge in [0.25, 0.3) is 7.82 Å². The van der Waals surface area contributed by atoms with Gasteiger partial charge in [0.15, 0.2) is 0 Å². The van der Waals surface area contributed by atoms with E-state index in [0.29, 0.717) is 24.2 Å². The standard InChI is InChI=1S/C33H62NO5P/c1-5-6-7-8-9-10-11-12-13-14-15-16-17-18-19-21-26-33(30-37-29-32-24-22-20-23-25-32)31-39-40(35,36)38-28-27-34(2,3)4/h20,22-25,33H,5-19,21,26-31H2,1-4H3. The number of benzene rings is 1. The van der Waals surface area contributed by atoms with Crippen LogP contribution in [0.1, 0.15) is 122 Å². The van der Waals surface area contributed by atoms with Gasteiger partial charge in [-0.2, -0.15) is 0 Å². The first kappa shape index (κ1) is 37.3. The molecular formula is C33H62NO5P. The van der Waals surface area contributed by atoms with E-state index in [1.54, 1.807) is 0 Å². The molecule has 0 saturated heterocycles. The van der Waals surface area contributed by atoms with Gasteiger partial charge in [-0.25, -0.2) is 0 Å². The third-order valence-electron chi connectivity index (χ3n) is 7.41. The second-order valence-electron chi connectivity index (χ2n) is 12.5. The number of phosphoric acid groups is 1. The van der Waals surface area contributed by atoms with Crippen LogP contribution in [0.25, 0.3) is 0 Å². The average molecular weight is 584 g/mol. The molecule has 0 radical (unpaired) electrons. The molecule has 0 aliphatic heterocycles. The summed E-state index contributed by atoms with van der Waals surface area (Å²) in [7, 11) is 1.68. The lowest BCUT2D eigenvalue weighted by molar-refractivity contribution is -0.870. The van der Waals surface area contributed by atoms with Gasteiger partial charge in [-0.15, -0.1) is 0 Å². The SMILES string of the molecule is CCCCCCCCCCCCCCCCCCC(COCc1ccccc1)COP(=O)([O-])OCC[N+](C)(C)C. The largest absolute Gasteiger partial charge is 0.756 e. The molecule has 0 aliphatic carbocycles. The zero-order valence-corrected chi connectivity index (χ0v) is 27.4. The summed E-state index contributed by atoms with van der Waals surface area (Å²) >= 11 is 0. The van der Waals surface area contributed by atoms with Gasteiger partial charge in [-0.1, -0.05) is 140 Å². The molecule has 0 aromatic heterocycles. The normalized spacial score (nSPS) is 14.3. The van der Waals surface area contributed by atoms with Crippen LogP contribution in [0.5, 0.6) is 0 Å². The van der Waals surface area contributed by atoms with E-state index >= 15 is 0 Å². The molecule has 0 spiro atoms. The van der Waals surface area contributed by atoms with Crippen molar-refractivity contribution < 1.29 is 27.7 Å². The van der Waals surface area contributed by atoms with Crippen LogP contribution in [-0.2, 0) is 25.0 Å². The molecule has 1 aromatic rings. The fraction of sp³-hybridized carbons (Fsp3) is 0.818. The van der Waals surface area contributed by atoms with E-state index in [-0.39, 0.29) is 19.1 Å². The Hall–Kier alpha value is -0.750. The lowest BCUT2D eigenvalue weighted by Crippen LogP contribution is -2.37. The highest BCUT2D eigenvalue weighted by molar-refractivity contribution is 7.45. The Bertz CT molecular complexity index is 740. The van der Waals surface area contributed by atoms with Crippen LogP contribution in [0, 0.1) is 5.92 Å². The number of phosphoric ester groups is 1. The van der Waals surface area contributed by atoms with E-state index in [1.165, 1.54) is 96.3 Å². The molecule has 2 atom stereocenters. The van der Waals surface area contributed by atoms with E-state index in [4.69, 9.17) is 13.8 Å². The highest BCUT2D eigenvalue weighted by Crippen LogP contribution is 2.39. The van der Waals surface area contributed by atoms with Crippen LogP contribution in [-0.4, -0.2) is 52.0 Å². The quantitative estimate of drug-likeness (QED) is 0.0561. The van der Waals surface area contributed by atoms with Crippen LogP contribution in [0.15, 0.2) is 30.3 Å². The van der Waals surface area contributed by atoms with Crippen molar-refractivity contribution in [2.24, 2.45) is 5.92 Å². The van der Waals surface area contributed by atoms with Crippen molar-refractivity contribution in [3.8, 4) is 0 Å². The fourth-order valence-electron chi connectivity index (χ4n) is 4.77. The van der Waals surface area contributed by atoms with Crippen LogP contribution < -0.4 is 4.89 Å². The van der Waals surface area contributed by atoms with E-state index in [9.17, 15) is 9.46 Å². The van der Waals surface area contributed by atoms with E-state index in [1.807, 2.05) is 51.5 Å². The Morgan fingerprint density at radius 2 is 1.23 bits per heavy atom. The molecule has 0 bridgehead atoms. The number of nitrogens with zero attached hydrogens (tertiary/aromatic N) is 1. The summed E-state index contributed by atoms with van der Waals surface area (Å²) in [6.45, 7) is 4.10. The first-order valence-electron chi connectivity index (χ1n) is 16.2. The molecule has 0 amide bonds. The van der Waals surface area contributed by atoms with Crippen LogP contribution in [0.3, 0.4) is 0 Å². The summed E-state index contributed by atoms with van der Waals surface area (Å²) in [4.78, 5) is 12.3. The van der Waals surface area contributed by atoms with Crippen molar-refractivity contribution in [3.05, 3.63) is 35.9 Å². The topological polar surface area (TPSA) is 67.8 Å². The molecule has 0 saturated carbocycles. The predicted molar refractivity (Wildman–Crippen MR) is 166 cm³/mol. The van der Waals surface area contributed by atoms with E-state index < -0.39 is 7.82 Å². The molecule has 7 heteroatoms. The summed E-state index contributed by atoms with van der Waals surface area (Å²) < 4.78 is 29.2. The number of rotatable bonds is 28. The second-order valence-corrected chi connectivity index (χ2v) is 14.0. The van der Waals surface area contributed by atoms with Crippen molar-refractivity contribution in [2.45, 2.75) is 123 Å². The average Bonchev–Trinajstić information content (AvgIpc) is 2.91. The molecule has 1 aromatic carbocycles. The Morgan fingerprint density at radius 1 is 0.725 bits per heavy atom. The van der Waals surface area contributed by atoms with Gasteiger partial charge in [0, 0.05) is 5.92 Å². The van der Waals surface area contributed by atoms with Crippen molar-refractivity contribution >= 4 is 7.82 Å². The van der Waals surface area contributed by atoms with Crippen molar-refractivity contribution in [1.82, 2.24) is 0 Å². The Balaban J connectivity index is 2.19. The molecule has 234 valence electrons. The zero-order chi connectivity index (χ0) is 29.4. The molecule has 0 aliphatic rings. The maximum atomic E-state index is 12.3. The first-order chi connectivity index (χ1) is 19.2. The van der Waals surface area contributed by atoms with Crippen LogP contribution in [0.2, 0.25) is 0 Å². The van der Waals surface area contributed by atoms with E-state index in [0.717, 1.165) is 18.4 Å². The number of hydrogen-bond acceptors (Lipinski definition) is 5. The number of ether oxygens (including phenoxy) is 1. The molecular weight excluding hydrogens is 521 g/mol. The summed E-state index contributed by atoms with van der Waals surface area (Å²) in [5.41, 5.74) is 1.11. The van der Waals surface area contributed by atoms with Gasteiger partial charge >= 0.3 is 0 Å². The Labute approximate surface area is 247 Å². The zero-order valence-electron chi connectivity index (χ0n) is 26.5. The molecule has 2 unspecified atom stereocenters. The predicted octanol–water partition coefficient (Wildman–Crippen LogP) is 8.68. The first-order valence-corrected chi connectivity index (χ1v) is 17.7. The molecule has 0 fully saturated rings. The highest BCUT2D eigenvalue weighted by atomic mass is 31.2. The summed E-state index contributed by atoms with van der Waals surface area (Å²) in [5, 5.41) is 0. The van der Waals surface area contributed by atoms with Gasteiger partial charge in [0.05, 0.1) is 41.0 Å².